The van der Waals surface area contributed by atoms with Crippen molar-refractivity contribution in [3.05, 3.63) is 9.47 Å². The van der Waals surface area contributed by atoms with Crippen LogP contribution in [0.3, 0.4) is 0 Å². The number of nitrogens with zero attached hydrogens (tertiary/aromatic N) is 3. The van der Waals surface area contributed by atoms with Gasteiger partial charge in [-0.05, 0) is 11.6 Å². The van der Waals surface area contributed by atoms with Gasteiger partial charge >= 0.3 is 0 Å². The predicted octanol–water partition coefficient (Wildman–Crippen LogP) is 0.170. The van der Waals surface area contributed by atoms with E-state index in [2.05, 4.69) is 15.5 Å². The molecule has 2 amide bonds. The summed E-state index contributed by atoms with van der Waals surface area (Å²) in [5.74, 6) is -0.349. The second-order valence-corrected chi connectivity index (χ2v) is 5.42. The number of aromatic nitrogens is 2. The van der Waals surface area contributed by atoms with Gasteiger partial charge in [0.05, 0.1) is 13.2 Å². The fourth-order valence-corrected chi connectivity index (χ4v) is 2.37. The molecule has 0 unspecified atom stereocenters. The van der Waals surface area contributed by atoms with Crippen LogP contribution in [0.2, 0.25) is 4.47 Å². The van der Waals surface area contributed by atoms with Crippen LogP contribution in [0.5, 0.6) is 0 Å². The topological polar surface area (TPSA) is 84.4 Å². The van der Waals surface area contributed by atoms with Gasteiger partial charge in [0.1, 0.15) is 0 Å². The van der Waals surface area contributed by atoms with Crippen LogP contribution < -0.4 is 5.32 Å². The number of amides is 2. The summed E-state index contributed by atoms with van der Waals surface area (Å²) in [5.41, 5.74) is 0. The van der Waals surface area contributed by atoms with Crippen LogP contribution in [0, 0.1) is 0 Å². The molecule has 0 radical (unpaired) electrons. The van der Waals surface area contributed by atoms with E-state index < -0.39 is 0 Å². The highest BCUT2D eigenvalue weighted by Crippen LogP contribution is 2.14. The number of morpholine rings is 1. The van der Waals surface area contributed by atoms with E-state index in [-0.39, 0.29) is 34.3 Å². The molecule has 1 aliphatic rings. The quantitative estimate of drug-likeness (QED) is 0.857. The molecule has 7 nitrogen and oxygen atoms in total. The first-order chi connectivity index (χ1) is 9.16. The van der Waals surface area contributed by atoms with Crippen LogP contribution in [-0.4, -0.2) is 59.8 Å². The molecule has 0 bridgehead atoms. The van der Waals surface area contributed by atoms with E-state index in [9.17, 15) is 9.59 Å². The van der Waals surface area contributed by atoms with Gasteiger partial charge in [0.15, 0.2) is 0 Å². The van der Waals surface area contributed by atoms with Crippen LogP contribution in [0.1, 0.15) is 16.2 Å². The van der Waals surface area contributed by atoms with Crippen molar-refractivity contribution in [1.29, 1.82) is 0 Å². The van der Waals surface area contributed by atoms with Crippen LogP contribution in [0.4, 0.5) is 0 Å². The first-order valence-electron chi connectivity index (χ1n) is 5.79. The number of halogens is 1. The van der Waals surface area contributed by atoms with Gasteiger partial charge in [-0.2, -0.15) is 0 Å². The molecule has 0 saturated carbocycles. The molecule has 0 spiro atoms. The minimum absolute atomic E-state index is 0.0129. The molecule has 2 rings (SSSR count). The molecule has 1 aromatic rings. The molecule has 1 fully saturated rings. The van der Waals surface area contributed by atoms with Gasteiger partial charge in [-0.3, -0.25) is 9.59 Å². The summed E-state index contributed by atoms with van der Waals surface area (Å²) in [7, 11) is 0. The van der Waals surface area contributed by atoms with Crippen LogP contribution >= 0.6 is 22.9 Å². The van der Waals surface area contributed by atoms with Gasteiger partial charge in [-0.1, -0.05) is 11.3 Å². The highest BCUT2D eigenvalue weighted by molar-refractivity contribution is 7.17. The lowest BCUT2D eigenvalue weighted by atomic mass is 10.3. The normalized spacial score (nSPS) is 15.3. The molecule has 9 heteroatoms. The molecule has 19 heavy (non-hydrogen) atoms. The number of carbonyl (C=O) groups excluding carboxylic acids is 2. The molecular weight excluding hydrogens is 292 g/mol. The Morgan fingerprint density at radius 1 is 1.37 bits per heavy atom. The number of hydrogen-bond acceptors (Lipinski definition) is 6. The van der Waals surface area contributed by atoms with E-state index in [1.54, 1.807) is 4.90 Å². The largest absolute Gasteiger partial charge is 0.378 e. The first-order valence-corrected chi connectivity index (χ1v) is 6.99. The van der Waals surface area contributed by atoms with E-state index >= 15 is 0 Å². The molecular formula is C10H13ClN4O3S. The third-order valence-corrected chi connectivity index (χ3v) is 3.60. The number of hydrogen-bond donors (Lipinski definition) is 1. The Kier molecular flexibility index (Phi) is 5.06. The zero-order valence-corrected chi connectivity index (χ0v) is 11.7. The Balaban J connectivity index is 1.71. The van der Waals surface area contributed by atoms with E-state index in [4.69, 9.17) is 16.3 Å². The lowest BCUT2D eigenvalue weighted by Gasteiger charge is -2.26. The van der Waals surface area contributed by atoms with E-state index in [1.807, 2.05) is 0 Å². The smallest absolute Gasteiger partial charge is 0.282 e. The summed E-state index contributed by atoms with van der Waals surface area (Å²) < 4.78 is 5.38. The fraction of sp³-hybridized carbons (Fsp3) is 0.600. The summed E-state index contributed by atoms with van der Waals surface area (Å²) in [5, 5.41) is 9.97. The maximum atomic E-state index is 11.8. The maximum Gasteiger partial charge on any atom is 0.282 e. The molecule has 0 atom stereocenters. The summed E-state index contributed by atoms with van der Waals surface area (Å²) in [6, 6.07) is 0. The second kappa shape index (κ2) is 6.78. The summed E-state index contributed by atoms with van der Waals surface area (Å²) >= 11 is 6.58. The monoisotopic (exact) mass is 304 g/mol. The van der Waals surface area contributed by atoms with Crippen molar-refractivity contribution in [2.45, 2.75) is 6.42 Å². The van der Waals surface area contributed by atoms with Crippen LogP contribution in [0.25, 0.3) is 0 Å². The Morgan fingerprint density at radius 3 is 2.74 bits per heavy atom. The van der Waals surface area contributed by atoms with Gasteiger partial charge in [-0.15, -0.1) is 10.2 Å². The van der Waals surface area contributed by atoms with Gasteiger partial charge < -0.3 is 15.0 Å². The third kappa shape index (κ3) is 4.12. The number of carbonyl (C=O) groups is 2. The van der Waals surface area contributed by atoms with Gasteiger partial charge in [0.25, 0.3) is 5.91 Å². The molecule has 1 aliphatic heterocycles. The molecule has 104 valence electrons. The maximum absolute atomic E-state index is 11.8. The predicted molar refractivity (Wildman–Crippen MR) is 69.3 cm³/mol. The van der Waals surface area contributed by atoms with Gasteiger partial charge in [0.2, 0.25) is 15.4 Å². The Morgan fingerprint density at radius 2 is 2.11 bits per heavy atom. The van der Waals surface area contributed by atoms with Crippen molar-refractivity contribution < 1.29 is 14.3 Å². The standard InChI is InChI=1S/C10H13ClN4O3S/c11-10-14-13-9(19-10)8(17)12-2-1-7(16)15-3-5-18-6-4-15/h1-6H2,(H,12,17). The van der Waals surface area contributed by atoms with E-state index in [1.165, 1.54) is 0 Å². The van der Waals surface area contributed by atoms with Crippen molar-refractivity contribution in [2.24, 2.45) is 0 Å². The zero-order valence-electron chi connectivity index (χ0n) is 10.1. The highest BCUT2D eigenvalue weighted by Gasteiger charge is 2.17. The Hall–Kier alpha value is -1.25. The minimum atomic E-state index is -0.362. The highest BCUT2D eigenvalue weighted by atomic mass is 35.5. The van der Waals surface area contributed by atoms with Crippen LogP contribution in [-0.2, 0) is 9.53 Å². The van der Waals surface area contributed by atoms with Crippen molar-refractivity contribution in [1.82, 2.24) is 20.4 Å². The van der Waals surface area contributed by atoms with Gasteiger partial charge in [0, 0.05) is 26.1 Å². The minimum Gasteiger partial charge on any atom is -0.378 e. The first kappa shape index (κ1) is 14.2. The number of rotatable bonds is 4. The SMILES string of the molecule is O=C(NCCC(=O)N1CCOCC1)c1nnc(Cl)s1. The average Bonchev–Trinajstić information content (AvgIpc) is 2.86. The summed E-state index contributed by atoms with van der Waals surface area (Å²) in [4.78, 5) is 25.1. The van der Waals surface area contributed by atoms with Gasteiger partial charge in [-0.25, -0.2) is 0 Å². The van der Waals surface area contributed by atoms with E-state index in [0.29, 0.717) is 26.3 Å². The second-order valence-electron chi connectivity index (χ2n) is 3.86. The molecule has 0 aromatic carbocycles. The van der Waals surface area contributed by atoms with Crippen molar-refractivity contribution in [3.8, 4) is 0 Å². The van der Waals surface area contributed by atoms with Crippen molar-refractivity contribution >= 4 is 34.8 Å². The lowest BCUT2D eigenvalue weighted by molar-refractivity contribution is -0.135. The third-order valence-electron chi connectivity index (χ3n) is 2.58. The fourth-order valence-electron chi connectivity index (χ4n) is 1.63. The molecule has 1 saturated heterocycles. The molecule has 1 N–H and O–H groups in total. The Bertz CT molecular complexity index is 461. The van der Waals surface area contributed by atoms with E-state index in [0.717, 1.165) is 11.3 Å². The average molecular weight is 305 g/mol. The number of ether oxygens (including phenoxy) is 1. The lowest BCUT2D eigenvalue weighted by Crippen LogP contribution is -2.42. The van der Waals surface area contributed by atoms with Crippen molar-refractivity contribution in [2.75, 3.05) is 32.8 Å². The molecule has 2 heterocycles. The molecule has 1 aromatic heterocycles. The summed E-state index contributed by atoms with van der Waals surface area (Å²) in [6.45, 7) is 2.63. The molecule has 0 aliphatic carbocycles. The summed E-state index contributed by atoms with van der Waals surface area (Å²) in [6.07, 6.45) is 0.262. The van der Waals surface area contributed by atoms with Crippen LogP contribution in [0.15, 0.2) is 0 Å². The zero-order chi connectivity index (χ0) is 13.7. The Labute approximate surface area is 118 Å². The number of nitrogens with one attached hydrogen (secondary N) is 1. The van der Waals surface area contributed by atoms with Crippen molar-refractivity contribution in [3.63, 3.8) is 0 Å².